The number of carbonyl (C=O) groups is 2. The molecule has 2 N–H and O–H groups in total. The molecule has 1 aliphatic heterocycles. The van der Waals surface area contributed by atoms with Gasteiger partial charge in [-0.25, -0.2) is 4.79 Å². The van der Waals surface area contributed by atoms with Crippen LogP contribution in [0.3, 0.4) is 0 Å². The minimum Gasteiger partial charge on any atom is -0.356 e. The molecule has 2 aromatic heterocycles. The topological polar surface area (TPSA) is 113 Å². The average Bonchev–Trinajstić information content (AvgIpc) is 3.22. The van der Waals surface area contributed by atoms with E-state index in [1.165, 1.54) is 0 Å². The molecule has 0 aromatic carbocycles. The summed E-state index contributed by atoms with van der Waals surface area (Å²) in [5.74, 6) is 1.03. The van der Waals surface area contributed by atoms with Crippen molar-refractivity contribution in [1.82, 2.24) is 30.7 Å². The highest BCUT2D eigenvalue weighted by molar-refractivity contribution is 5.78. The van der Waals surface area contributed by atoms with Crippen LogP contribution in [0, 0.1) is 0 Å². The van der Waals surface area contributed by atoms with Crippen molar-refractivity contribution in [2.75, 3.05) is 26.2 Å². The predicted octanol–water partition coefficient (Wildman–Crippen LogP) is 2.33. The Kier molecular flexibility index (Phi) is 7.54. The summed E-state index contributed by atoms with van der Waals surface area (Å²) in [6.45, 7) is 4.18. The second-order valence-corrected chi connectivity index (χ2v) is 7.14. The van der Waals surface area contributed by atoms with Gasteiger partial charge in [0.15, 0.2) is 0 Å². The van der Waals surface area contributed by atoms with Gasteiger partial charge in [-0.3, -0.25) is 9.78 Å². The first kappa shape index (κ1) is 20.8. The number of hydrogen-bond acceptors (Lipinski definition) is 6. The Bertz CT molecular complexity index is 795. The van der Waals surface area contributed by atoms with E-state index >= 15 is 0 Å². The van der Waals surface area contributed by atoms with Crippen molar-refractivity contribution >= 4 is 11.9 Å². The zero-order valence-corrected chi connectivity index (χ0v) is 16.8. The van der Waals surface area contributed by atoms with Crippen LogP contribution in [0.5, 0.6) is 0 Å². The predicted molar refractivity (Wildman–Crippen MR) is 107 cm³/mol. The third-order valence-corrected chi connectivity index (χ3v) is 4.93. The van der Waals surface area contributed by atoms with Crippen LogP contribution in [0.2, 0.25) is 0 Å². The number of urea groups is 1. The molecule has 0 spiro atoms. The Labute approximate surface area is 170 Å². The summed E-state index contributed by atoms with van der Waals surface area (Å²) in [5.41, 5.74) is 0.797. The molecule has 1 atom stereocenters. The summed E-state index contributed by atoms with van der Waals surface area (Å²) >= 11 is 0. The number of pyridine rings is 1. The van der Waals surface area contributed by atoms with E-state index in [2.05, 4.69) is 25.8 Å². The van der Waals surface area contributed by atoms with Crippen LogP contribution in [-0.4, -0.2) is 58.1 Å². The maximum atomic E-state index is 12.4. The molecule has 1 aliphatic rings. The maximum absolute atomic E-state index is 12.4. The largest absolute Gasteiger partial charge is 0.356 e. The van der Waals surface area contributed by atoms with Gasteiger partial charge >= 0.3 is 6.03 Å². The van der Waals surface area contributed by atoms with E-state index < -0.39 is 0 Å². The highest BCUT2D eigenvalue weighted by Crippen LogP contribution is 2.26. The number of amides is 3. The smallest absolute Gasteiger partial charge is 0.317 e. The lowest BCUT2D eigenvalue weighted by Crippen LogP contribution is -2.42. The van der Waals surface area contributed by atoms with Crippen LogP contribution in [0.15, 0.2) is 29.0 Å². The first-order valence-corrected chi connectivity index (χ1v) is 10.2. The first-order chi connectivity index (χ1) is 14.2. The molecule has 3 heterocycles. The fraction of sp³-hybridized carbons (Fsp3) is 0.550. The summed E-state index contributed by atoms with van der Waals surface area (Å²) in [6.07, 6.45) is 6.86. The number of hydrogen-bond donors (Lipinski definition) is 2. The second-order valence-electron chi connectivity index (χ2n) is 7.14. The van der Waals surface area contributed by atoms with Crippen molar-refractivity contribution in [3.63, 3.8) is 0 Å². The number of aromatic nitrogens is 3. The molecule has 9 heteroatoms. The zero-order valence-electron chi connectivity index (χ0n) is 16.8. The molecule has 0 aliphatic carbocycles. The van der Waals surface area contributed by atoms with E-state index in [-0.39, 0.29) is 17.9 Å². The Hall–Kier alpha value is -2.97. The zero-order chi connectivity index (χ0) is 20.5. The van der Waals surface area contributed by atoms with Crippen LogP contribution in [-0.2, 0) is 4.79 Å². The summed E-state index contributed by atoms with van der Waals surface area (Å²) < 4.78 is 5.52. The minimum absolute atomic E-state index is 0.0203. The van der Waals surface area contributed by atoms with Crippen molar-refractivity contribution in [3.8, 4) is 11.4 Å². The fourth-order valence-electron chi connectivity index (χ4n) is 3.30. The van der Waals surface area contributed by atoms with Crippen molar-refractivity contribution in [1.29, 1.82) is 0 Å². The highest BCUT2D eigenvalue weighted by Gasteiger charge is 2.22. The SMILES string of the molecule is CCCNC(=O)N1CCCC(c2nc(-c3cccnc3)no2)CCNC(=O)CC1. The molecule has 9 nitrogen and oxygen atoms in total. The third-order valence-electron chi connectivity index (χ3n) is 4.93. The van der Waals surface area contributed by atoms with E-state index in [0.29, 0.717) is 50.7 Å². The Morgan fingerprint density at radius 1 is 1.38 bits per heavy atom. The summed E-state index contributed by atoms with van der Waals surface area (Å²) in [7, 11) is 0. The van der Waals surface area contributed by atoms with Crippen LogP contribution in [0.4, 0.5) is 4.79 Å². The Morgan fingerprint density at radius 3 is 3.07 bits per heavy atom. The lowest BCUT2D eigenvalue weighted by atomic mass is 9.99. The lowest BCUT2D eigenvalue weighted by molar-refractivity contribution is -0.121. The van der Waals surface area contributed by atoms with Gasteiger partial charge in [0, 0.05) is 56.5 Å². The van der Waals surface area contributed by atoms with Gasteiger partial charge in [0.25, 0.3) is 0 Å². The van der Waals surface area contributed by atoms with Gasteiger partial charge in [0.2, 0.25) is 17.6 Å². The summed E-state index contributed by atoms with van der Waals surface area (Å²) in [4.78, 5) is 34.8. The van der Waals surface area contributed by atoms with E-state index in [0.717, 1.165) is 24.8 Å². The van der Waals surface area contributed by atoms with E-state index in [1.807, 2.05) is 19.1 Å². The van der Waals surface area contributed by atoms with Crippen molar-refractivity contribution < 1.29 is 14.1 Å². The van der Waals surface area contributed by atoms with Crippen LogP contribution in [0.25, 0.3) is 11.4 Å². The van der Waals surface area contributed by atoms with Crippen LogP contribution >= 0.6 is 0 Å². The van der Waals surface area contributed by atoms with E-state index in [1.54, 1.807) is 17.3 Å². The number of carbonyl (C=O) groups excluding carboxylic acids is 2. The van der Waals surface area contributed by atoms with Gasteiger partial charge in [0.05, 0.1) is 0 Å². The monoisotopic (exact) mass is 400 g/mol. The third kappa shape index (κ3) is 6.00. The first-order valence-electron chi connectivity index (χ1n) is 10.2. The van der Waals surface area contributed by atoms with Gasteiger partial charge < -0.3 is 20.1 Å². The number of nitrogens with one attached hydrogen (secondary N) is 2. The molecule has 0 saturated carbocycles. The molecule has 156 valence electrons. The molecule has 0 bridgehead atoms. The summed E-state index contributed by atoms with van der Waals surface area (Å²) in [6, 6.07) is 3.59. The Morgan fingerprint density at radius 2 is 2.28 bits per heavy atom. The second kappa shape index (κ2) is 10.5. The average molecular weight is 400 g/mol. The van der Waals surface area contributed by atoms with Gasteiger partial charge in [-0.2, -0.15) is 4.98 Å². The molecule has 3 amide bonds. The number of rotatable bonds is 4. The van der Waals surface area contributed by atoms with Crippen molar-refractivity contribution in [2.45, 2.75) is 44.9 Å². The van der Waals surface area contributed by atoms with Crippen LogP contribution < -0.4 is 10.6 Å². The van der Waals surface area contributed by atoms with Crippen LogP contribution in [0.1, 0.15) is 50.8 Å². The molecular weight excluding hydrogens is 372 g/mol. The molecular formula is C20H28N6O3. The quantitative estimate of drug-likeness (QED) is 0.814. The van der Waals surface area contributed by atoms with Crippen molar-refractivity contribution in [3.05, 3.63) is 30.4 Å². The molecule has 3 rings (SSSR count). The molecule has 0 radical (unpaired) electrons. The highest BCUT2D eigenvalue weighted by atomic mass is 16.5. The number of nitrogens with zero attached hydrogens (tertiary/aromatic N) is 4. The fourth-order valence-corrected chi connectivity index (χ4v) is 3.30. The molecule has 29 heavy (non-hydrogen) atoms. The maximum Gasteiger partial charge on any atom is 0.317 e. The molecule has 1 fully saturated rings. The molecule has 1 saturated heterocycles. The van der Waals surface area contributed by atoms with Gasteiger partial charge in [-0.1, -0.05) is 12.1 Å². The van der Waals surface area contributed by atoms with Gasteiger partial charge in [-0.15, -0.1) is 0 Å². The molecule has 2 aromatic rings. The normalized spacial score (nSPS) is 18.6. The summed E-state index contributed by atoms with van der Waals surface area (Å²) in [5, 5.41) is 9.89. The minimum atomic E-state index is -0.118. The van der Waals surface area contributed by atoms with E-state index in [9.17, 15) is 9.59 Å². The van der Waals surface area contributed by atoms with Crippen molar-refractivity contribution in [2.24, 2.45) is 0 Å². The standard InChI is InChI=1S/C20H28N6O3/c1-2-9-23-20(28)26-12-4-6-15(7-11-22-17(27)8-13-26)19-24-18(25-29-19)16-5-3-10-21-14-16/h3,5,10,14-15H,2,4,6-9,11-13H2,1H3,(H,22,27)(H,23,28). The lowest BCUT2D eigenvalue weighted by Gasteiger charge is -2.23. The molecule has 1 unspecified atom stereocenters. The van der Waals surface area contributed by atoms with E-state index in [4.69, 9.17) is 4.52 Å². The van der Waals surface area contributed by atoms with Gasteiger partial charge in [0.1, 0.15) is 0 Å². The Balaban J connectivity index is 1.68. The van der Waals surface area contributed by atoms with Gasteiger partial charge in [-0.05, 0) is 37.8 Å².